The van der Waals surface area contributed by atoms with Crippen LogP contribution in [0.1, 0.15) is 53.9 Å². The van der Waals surface area contributed by atoms with Gasteiger partial charge in [-0.05, 0) is 33.6 Å². The van der Waals surface area contributed by atoms with E-state index in [1.54, 1.807) is 0 Å². The zero-order valence-electron chi connectivity index (χ0n) is 11.4. The van der Waals surface area contributed by atoms with Crippen molar-refractivity contribution in [1.82, 2.24) is 5.32 Å². The number of hydrogen-bond donors (Lipinski definition) is 1. The Hall–Kier alpha value is -1.06. The first-order valence-electron chi connectivity index (χ1n) is 6.12. The van der Waals surface area contributed by atoms with E-state index in [-0.39, 0.29) is 22.8 Å². The normalized spacial score (nSPS) is 24.3. The number of rotatable bonds is 1. The van der Waals surface area contributed by atoms with E-state index in [0.29, 0.717) is 19.3 Å². The summed E-state index contributed by atoms with van der Waals surface area (Å²) < 4.78 is 5.35. The Morgan fingerprint density at radius 3 is 2.47 bits per heavy atom. The van der Waals surface area contributed by atoms with Gasteiger partial charge in [0.2, 0.25) is 0 Å². The van der Waals surface area contributed by atoms with Crippen molar-refractivity contribution in [3.8, 4) is 0 Å². The van der Waals surface area contributed by atoms with Crippen LogP contribution in [0.3, 0.4) is 0 Å². The molecule has 0 heterocycles. The molecular weight excluding hydrogens is 218 g/mol. The smallest absolute Gasteiger partial charge is 0.407 e. The molecule has 1 fully saturated rings. The molecule has 4 heteroatoms. The van der Waals surface area contributed by atoms with Crippen LogP contribution in [0, 0.1) is 5.41 Å². The highest BCUT2D eigenvalue weighted by Crippen LogP contribution is 2.33. The Morgan fingerprint density at radius 2 is 2.00 bits per heavy atom. The average molecular weight is 241 g/mol. The van der Waals surface area contributed by atoms with Gasteiger partial charge in [-0.3, -0.25) is 4.79 Å². The van der Waals surface area contributed by atoms with Crippen LogP contribution in [0.15, 0.2) is 0 Å². The van der Waals surface area contributed by atoms with Gasteiger partial charge < -0.3 is 10.1 Å². The van der Waals surface area contributed by atoms with E-state index in [2.05, 4.69) is 5.32 Å². The van der Waals surface area contributed by atoms with Gasteiger partial charge in [0, 0.05) is 17.4 Å². The molecule has 0 aromatic carbocycles. The molecule has 0 saturated heterocycles. The van der Waals surface area contributed by atoms with Crippen molar-refractivity contribution < 1.29 is 14.3 Å². The summed E-state index contributed by atoms with van der Waals surface area (Å²) in [6.45, 7) is 9.53. The van der Waals surface area contributed by atoms with Gasteiger partial charge in [-0.25, -0.2) is 4.79 Å². The lowest BCUT2D eigenvalue weighted by Gasteiger charge is -2.33. The van der Waals surface area contributed by atoms with Crippen LogP contribution in [-0.4, -0.2) is 23.5 Å². The van der Waals surface area contributed by atoms with Crippen LogP contribution < -0.4 is 5.32 Å². The number of amides is 1. The molecule has 17 heavy (non-hydrogen) atoms. The largest absolute Gasteiger partial charge is 0.446 e. The molecule has 98 valence electrons. The van der Waals surface area contributed by atoms with Crippen molar-refractivity contribution >= 4 is 11.9 Å². The maximum atomic E-state index is 11.6. The lowest BCUT2D eigenvalue weighted by molar-refractivity contribution is -0.132. The molecule has 0 spiro atoms. The quantitative estimate of drug-likeness (QED) is 0.768. The Bertz CT molecular complexity index is 315. The molecule has 1 N–H and O–H groups in total. The number of Topliss-reactive ketones (excluding diaryl/α,β-unsaturated/α-hetero) is 1. The molecule has 0 radical (unpaired) electrons. The van der Waals surface area contributed by atoms with Crippen LogP contribution in [-0.2, 0) is 9.53 Å². The van der Waals surface area contributed by atoms with Gasteiger partial charge >= 0.3 is 6.09 Å². The second-order valence-corrected chi connectivity index (χ2v) is 6.45. The molecule has 0 aromatic rings. The summed E-state index contributed by atoms with van der Waals surface area (Å²) in [5, 5.41) is 2.76. The molecule has 0 aliphatic heterocycles. The fourth-order valence-electron chi connectivity index (χ4n) is 2.00. The average Bonchev–Trinajstić information content (AvgIpc) is 2.07. The number of carbonyl (C=O) groups excluding carboxylic acids is 2. The van der Waals surface area contributed by atoms with Gasteiger partial charge in [0.25, 0.3) is 0 Å². The van der Waals surface area contributed by atoms with Gasteiger partial charge in [-0.15, -0.1) is 0 Å². The third-order valence-corrected chi connectivity index (χ3v) is 2.94. The molecule has 1 saturated carbocycles. The third-order valence-electron chi connectivity index (χ3n) is 2.94. The standard InChI is InChI=1S/C13H23NO3/c1-12(2,3)14-11(16)17-9-6-7-10(15)13(4,5)8-9/h9H,6-8H2,1-5H3,(H,14,16). The minimum Gasteiger partial charge on any atom is -0.446 e. The Kier molecular flexibility index (Phi) is 3.84. The van der Waals surface area contributed by atoms with Crippen molar-refractivity contribution in [2.45, 2.75) is 65.5 Å². The summed E-state index contributed by atoms with van der Waals surface area (Å²) in [4.78, 5) is 23.2. The van der Waals surface area contributed by atoms with E-state index >= 15 is 0 Å². The van der Waals surface area contributed by atoms with E-state index in [1.807, 2.05) is 34.6 Å². The van der Waals surface area contributed by atoms with Gasteiger partial charge in [0.05, 0.1) is 0 Å². The Labute approximate surface area is 103 Å². The van der Waals surface area contributed by atoms with Gasteiger partial charge in [0.1, 0.15) is 11.9 Å². The number of hydrogen-bond acceptors (Lipinski definition) is 3. The Morgan fingerprint density at radius 1 is 1.41 bits per heavy atom. The lowest BCUT2D eigenvalue weighted by Crippen LogP contribution is -2.44. The minimum absolute atomic E-state index is 0.148. The zero-order chi connectivity index (χ0) is 13.3. The van der Waals surface area contributed by atoms with E-state index in [1.165, 1.54) is 0 Å². The summed E-state index contributed by atoms with van der Waals surface area (Å²) in [5.74, 6) is 0.258. The first-order chi connectivity index (χ1) is 7.60. The van der Waals surface area contributed by atoms with Crippen molar-refractivity contribution in [2.24, 2.45) is 5.41 Å². The number of ketones is 1. The van der Waals surface area contributed by atoms with Gasteiger partial charge in [-0.1, -0.05) is 13.8 Å². The zero-order valence-corrected chi connectivity index (χ0v) is 11.4. The SMILES string of the molecule is CC(C)(C)NC(=O)OC1CCC(=O)C(C)(C)C1. The molecule has 1 aliphatic rings. The number of alkyl carbamates (subject to hydrolysis) is 1. The van der Waals surface area contributed by atoms with Crippen LogP contribution in [0.2, 0.25) is 0 Å². The van der Waals surface area contributed by atoms with E-state index in [0.717, 1.165) is 0 Å². The van der Waals surface area contributed by atoms with Crippen molar-refractivity contribution in [3.05, 3.63) is 0 Å². The topological polar surface area (TPSA) is 55.4 Å². The predicted molar refractivity (Wildman–Crippen MR) is 65.8 cm³/mol. The van der Waals surface area contributed by atoms with Gasteiger partial charge in [-0.2, -0.15) is 0 Å². The molecule has 0 bridgehead atoms. The first kappa shape index (κ1) is 14.0. The van der Waals surface area contributed by atoms with Gasteiger partial charge in [0.15, 0.2) is 0 Å². The third kappa shape index (κ3) is 4.36. The summed E-state index contributed by atoms with van der Waals surface area (Å²) in [6, 6.07) is 0. The minimum atomic E-state index is -0.396. The highest BCUT2D eigenvalue weighted by Gasteiger charge is 2.37. The molecule has 1 unspecified atom stereocenters. The highest BCUT2D eigenvalue weighted by atomic mass is 16.6. The molecule has 1 rings (SSSR count). The predicted octanol–water partition coefficient (Wildman–Crippen LogP) is 2.66. The van der Waals surface area contributed by atoms with Crippen molar-refractivity contribution in [2.75, 3.05) is 0 Å². The van der Waals surface area contributed by atoms with Crippen molar-refractivity contribution in [3.63, 3.8) is 0 Å². The van der Waals surface area contributed by atoms with Crippen LogP contribution >= 0.6 is 0 Å². The van der Waals surface area contributed by atoms with E-state index in [9.17, 15) is 9.59 Å². The highest BCUT2D eigenvalue weighted by molar-refractivity contribution is 5.85. The molecule has 1 aliphatic carbocycles. The molecular formula is C13H23NO3. The summed E-state index contributed by atoms with van der Waals surface area (Å²) in [7, 11) is 0. The second-order valence-electron chi connectivity index (χ2n) is 6.45. The van der Waals surface area contributed by atoms with Crippen LogP contribution in [0.4, 0.5) is 4.79 Å². The monoisotopic (exact) mass is 241 g/mol. The summed E-state index contributed by atoms with van der Waals surface area (Å²) >= 11 is 0. The molecule has 1 atom stereocenters. The molecule has 4 nitrogen and oxygen atoms in total. The Balaban J connectivity index is 2.49. The first-order valence-corrected chi connectivity index (χ1v) is 6.12. The summed E-state index contributed by atoms with van der Waals surface area (Å²) in [5.41, 5.74) is -0.665. The number of nitrogens with one attached hydrogen (secondary N) is 1. The van der Waals surface area contributed by atoms with Crippen molar-refractivity contribution in [1.29, 1.82) is 0 Å². The summed E-state index contributed by atoms with van der Waals surface area (Å²) in [6.07, 6.45) is 1.21. The van der Waals surface area contributed by atoms with Crippen LogP contribution in [0.5, 0.6) is 0 Å². The lowest BCUT2D eigenvalue weighted by atomic mass is 9.75. The molecule has 1 amide bonds. The molecule has 0 aromatic heterocycles. The fourth-order valence-corrected chi connectivity index (χ4v) is 2.00. The number of carbonyl (C=O) groups is 2. The fraction of sp³-hybridized carbons (Fsp3) is 0.846. The van der Waals surface area contributed by atoms with E-state index < -0.39 is 6.09 Å². The second kappa shape index (κ2) is 4.67. The van der Waals surface area contributed by atoms with E-state index in [4.69, 9.17) is 4.74 Å². The number of ether oxygens (including phenoxy) is 1. The maximum absolute atomic E-state index is 11.6. The maximum Gasteiger partial charge on any atom is 0.407 e. The van der Waals surface area contributed by atoms with Crippen LogP contribution in [0.25, 0.3) is 0 Å².